The average molecular weight is 322 g/mol. The summed E-state index contributed by atoms with van der Waals surface area (Å²) < 4.78 is 13.0. The molecule has 0 spiro atoms. The highest BCUT2D eigenvalue weighted by molar-refractivity contribution is 6.33. The maximum absolute atomic E-state index is 13.0. The zero-order valence-corrected chi connectivity index (χ0v) is 12.8. The number of aliphatic hydroxyl groups excluding tert-OH is 1. The van der Waals surface area contributed by atoms with Gasteiger partial charge in [-0.2, -0.15) is 0 Å². The molecule has 2 aromatic rings. The molecule has 2 aromatic carbocycles. The molecule has 22 heavy (non-hydrogen) atoms. The standard InChI is InChI=1S/C17H17ClFNO2/c1-11(9-16(21)12-5-3-2-4-6-12)20-17(22)14-8-7-13(19)10-15(14)18/h2-8,10-11,16,21H,9H2,1H3,(H,20,22). The minimum Gasteiger partial charge on any atom is -0.388 e. The van der Waals surface area contributed by atoms with Crippen LogP contribution < -0.4 is 5.32 Å². The van der Waals surface area contributed by atoms with Gasteiger partial charge in [-0.1, -0.05) is 41.9 Å². The van der Waals surface area contributed by atoms with Crippen molar-refractivity contribution in [1.29, 1.82) is 0 Å². The van der Waals surface area contributed by atoms with Crippen molar-refractivity contribution in [3.63, 3.8) is 0 Å². The molecule has 0 heterocycles. The first-order valence-corrected chi connectivity index (χ1v) is 7.34. The third kappa shape index (κ3) is 4.29. The SMILES string of the molecule is CC(CC(O)c1ccccc1)NC(=O)c1ccc(F)cc1Cl. The summed E-state index contributed by atoms with van der Waals surface area (Å²) in [5, 5.41) is 13.0. The summed E-state index contributed by atoms with van der Waals surface area (Å²) >= 11 is 5.86. The van der Waals surface area contributed by atoms with Crippen LogP contribution in [0.4, 0.5) is 4.39 Å². The minimum atomic E-state index is -0.666. The van der Waals surface area contributed by atoms with Crippen LogP contribution in [0.15, 0.2) is 48.5 Å². The highest BCUT2D eigenvalue weighted by Crippen LogP contribution is 2.20. The molecule has 2 rings (SSSR count). The van der Waals surface area contributed by atoms with E-state index in [1.165, 1.54) is 12.1 Å². The number of nitrogens with one attached hydrogen (secondary N) is 1. The summed E-state index contributed by atoms with van der Waals surface area (Å²) in [6.07, 6.45) is -0.297. The van der Waals surface area contributed by atoms with Gasteiger partial charge in [0.1, 0.15) is 5.82 Å². The quantitative estimate of drug-likeness (QED) is 0.881. The fourth-order valence-corrected chi connectivity index (χ4v) is 2.43. The predicted octanol–water partition coefficient (Wildman–Crippen LogP) is 3.72. The highest BCUT2D eigenvalue weighted by atomic mass is 35.5. The Balaban J connectivity index is 1.96. The molecule has 1 amide bonds. The lowest BCUT2D eigenvalue weighted by atomic mass is 10.0. The molecule has 2 N–H and O–H groups in total. The van der Waals surface area contributed by atoms with Crippen molar-refractivity contribution in [1.82, 2.24) is 5.32 Å². The molecule has 0 aliphatic rings. The molecule has 5 heteroatoms. The van der Waals surface area contributed by atoms with Gasteiger partial charge in [0.15, 0.2) is 0 Å². The van der Waals surface area contributed by atoms with Crippen molar-refractivity contribution in [2.45, 2.75) is 25.5 Å². The number of aliphatic hydroxyl groups is 1. The molecule has 116 valence electrons. The summed E-state index contributed by atoms with van der Waals surface area (Å²) in [7, 11) is 0. The van der Waals surface area contributed by atoms with Gasteiger partial charge >= 0.3 is 0 Å². The summed E-state index contributed by atoms with van der Waals surface area (Å²) in [4.78, 5) is 12.1. The normalized spacial score (nSPS) is 13.5. The zero-order chi connectivity index (χ0) is 16.1. The fraction of sp³-hybridized carbons (Fsp3) is 0.235. The van der Waals surface area contributed by atoms with Crippen molar-refractivity contribution in [3.05, 3.63) is 70.5 Å². The lowest BCUT2D eigenvalue weighted by molar-refractivity contribution is 0.0917. The third-order valence-corrected chi connectivity index (χ3v) is 3.63. The van der Waals surface area contributed by atoms with Gasteiger partial charge in [-0.25, -0.2) is 4.39 Å². The van der Waals surface area contributed by atoms with Crippen LogP contribution in [0.5, 0.6) is 0 Å². The van der Waals surface area contributed by atoms with Gasteiger partial charge in [0.05, 0.1) is 16.7 Å². The molecule has 0 fully saturated rings. The van der Waals surface area contributed by atoms with Crippen LogP contribution in [0.3, 0.4) is 0 Å². The maximum atomic E-state index is 13.0. The van der Waals surface area contributed by atoms with Crippen LogP contribution in [0.2, 0.25) is 5.02 Å². The van der Waals surface area contributed by atoms with E-state index in [-0.39, 0.29) is 16.6 Å². The van der Waals surface area contributed by atoms with Gasteiger partial charge in [0.2, 0.25) is 0 Å². The Labute approximate surface area is 133 Å². The molecule has 0 aliphatic heterocycles. The Hall–Kier alpha value is -1.91. The second-order valence-electron chi connectivity index (χ2n) is 5.16. The molecule has 0 radical (unpaired) electrons. The van der Waals surface area contributed by atoms with Crippen LogP contribution in [0.1, 0.15) is 35.4 Å². The first-order chi connectivity index (χ1) is 10.5. The van der Waals surface area contributed by atoms with Crippen LogP contribution in [-0.2, 0) is 0 Å². The van der Waals surface area contributed by atoms with E-state index in [1.54, 1.807) is 6.92 Å². The smallest absolute Gasteiger partial charge is 0.253 e. The minimum absolute atomic E-state index is 0.0632. The Morgan fingerprint density at radius 2 is 1.95 bits per heavy atom. The van der Waals surface area contributed by atoms with Crippen LogP contribution in [-0.4, -0.2) is 17.1 Å². The van der Waals surface area contributed by atoms with E-state index in [9.17, 15) is 14.3 Å². The molecular formula is C17H17ClFNO2. The van der Waals surface area contributed by atoms with Gasteiger partial charge in [-0.05, 0) is 37.1 Å². The lowest BCUT2D eigenvalue weighted by Gasteiger charge is -2.18. The van der Waals surface area contributed by atoms with Crippen LogP contribution in [0, 0.1) is 5.82 Å². The second kappa shape index (κ2) is 7.38. The molecule has 0 saturated heterocycles. The van der Waals surface area contributed by atoms with Crippen LogP contribution >= 0.6 is 11.6 Å². The van der Waals surface area contributed by atoms with Gasteiger partial charge < -0.3 is 10.4 Å². The van der Waals surface area contributed by atoms with Crippen molar-refractivity contribution in [2.75, 3.05) is 0 Å². The number of hydrogen-bond acceptors (Lipinski definition) is 2. The number of benzene rings is 2. The number of carbonyl (C=O) groups excluding carboxylic acids is 1. The van der Waals surface area contributed by atoms with E-state index in [2.05, 4.69) is 5.32 Å². The number of hydrogen-bond donors (Lipinski definition) is 2. The van der Waals surface area contributed by atoms with E-state index in [0.29, 0.717) is 6.42 Å². The van der Waals surface area contributed by atoms with Crippen molar-refractivity contribution in [3.8, 4) is 0 Å². The van der Waals surface area contributed by atoms with E-state index in [0.717, 1.165) is 11.6 Å². The molecule has 2 unspecified atom stereocenters. The van der Waals surface area contributed by atoms with Crippen molar-refractivity contribution >= 4 is 17.5 Å². The molecule has 2 atom stereocenters. The zero-order valence-electron chi connectivity index (χ0n) is 12.1. The molecule has 0 aliphatic carbocycles. The van der Waals surface area contributed by atoms with E-state index in [4.69, 9.17) is 11.6 Å². The summed E-state index contributed by atoms with van der Waals surface area (Å²) in [6, 6.07) is 12.6. The van der Waals surface area contributed by atoms with E-state index >= 15 is 0 Å². The number of amides is 1. The summed E-state index contributed by atoms with van der Waals surface area (Å²) in [6.45, 7) is 1.79. The van der Waals surface area contributed by atoms with Gasteiger partial charge in [0, 0.05) is 6.04 Å². The van der Waals surface area contributed by atoms with Crippen molar-refractivity contribution < 1.29 is 14.3 Å². The molecule has 0 aromatic heterocycles. The fourth-order valence-electron chi connectivity index (χ4n) is 2.18. The van der Waals surface area contributed by atoms with E-state index < -0.39 is 17.8 Å². The third-order valence-electron chi connectivity index (χ3n) is 3.31. The topological polar surface area (TPSA) is 49.3 Å². The Morgan fingerprint density at radius 1 is 1.27 bits per heavy atom. The second-order valence-corrected chi connectivity index (χ2v) is 5.57. The first-order valence-electron chi connectivity index (χ1n) is 6.96. The number of carbonyl (C=O) groups is 1. The Morgan fingerprint density at radius 3 is 2.59 bits per heavy atom. The highest BCUT2D eigenvalue weighted by Gasteiger charge is 2.17. The summed E-state index contributed by atoms with van der Waals surface area (Å²) in [5.41, 5.74) is 1.01. The van der Waals surface area contributed by atoms with Gasteiger partial charge in [-0.15, -0.1) is 0 Å². The van der Waals surface area contributed by atoms with Gasteiger partial charge in [-0.3, -0.25) is 4.79 Å². The van der Waals surface area contributed by atoms with Crippen LogP contribution in [0.25, 0.3) is 0 Å². The molecule has 0 saturated carbocycles. The maximum Gasteiger partial charge on any atom is 0.253 e. The average Bonchev–Trinajstić information content (AvgIpc) is 2.47. The van der Waals surface area contributed by atoms with Crippen molar-refractivity contribution in [2.24, 2.45) is 0 Å². The molecule has 0 bridgehead atoms. The predicted molar refractivity (Wildman–Crippen MR) is 84.4 cm³/mol. The molecular weight excluding hydrogens is 305 g/mol. The largest absolute Gasteiger partial charge is 0.388 e. The number of halogens is 2. The monoisotopic (exact) mass is 321 g/mol. The lowest BCUT2D eigenvalue weighted by Crippen LogP contribution is -2.34. The number of rotatable bonds is 5. The van der Waals surface area contributed by atoms with Gasteiger partial charge in [0.25, 0.3) is 5.91 Å². The Bertz CT molecular complexity index is 648. The molecule has 3 nitrogen and oxygen atoms in total. The first kappa shape index (κ1) is 16.5. The Kier molecular flexibility index (Phi) is 5.52. The summed E-state index contributed by atoms with van der Waals surface area (Å²) in [5.74, 6) is -0.883. The van der Waals surface area contributed by atoms with E-state index in [1.807, 2.05) is 30.3 Å².